The molecule has 1 fully saturated rings. The average molecular weight is 206 g/mol. The highest BCUT2D eigenvalue weighted by Crippen LogP contribution is 2.11. The number of aromatic nitrogens is 1. The molecular formula is C10H14N4O. The minimum atomic E-state index is -0.0564. The monoisotopic (exact) mass is 206 g/mol. The van der Waals surface area contributed by atoms with E-state index in [2.05, 4.69) is 10.3 Å². The van der Waals surface area contributed by atoms with Crippen LogP contribution in [0.1, 0.15) is 12.8 Å². The molecule has 0 saturated carbocycles. The predicted octanol–water partition coefficient (Wildman–Crippen LogP) is 1.29. The summed E-state index contributed by atoms with van der Waals surface area (Å²) >= 11 is 0. The van der Waals surface area contributed by atoms with Crippen molar-refractivity contribution in [3.8, 4) is 0 Å². The minimum absolute atomic E-state index is 0.0564. The number of nitrogen functional groups attached to an aromatic ring is 1. The van der Waals surface area contributed by atoms with Crippen molar-refractivity contribution in [2.75, 3.05) is 24.1 Å². The number of amides is 2. The second-order valence-electron chi connectivity index (χ2n) is 3.60. The summed E-state index contributed by atoms with van der Waals surface area (Å²) in [7, 11) is 0. The minimum Gasteiger partial charge on any atom is -0.384 e. The van der Waals surface area contributed by atoms with Gasteiger partial charge in [-0.3, -0.25) is 0 Å². The molecule has 5 heteroatoms. The van der Waals surface area contributed by atoms with Gasteiger partial charge in [0.2, 0.25) is 0 Å². The lowest BCUT2D eigenvalue weighted by atomic mass is 10.4. The SMILES string of the molecule is Nc1ccc(NC(=O)N2CCCC2)cn1. The topological polar surface area (TPSA) is 71.2 Å². The Morgan fingerprint density at radius 1 is 1.40 bits per heavy atom. The van der Waals surface area contributed by atoms with Crippen molar-refractivity contribution in [2.45, 2.75) is 12.8 Å². The Hall–Kier alpha value is -1.78. The number of carbonyl (C=O) groups excluding carboxylic acids is 1. The standard InChI is InChI=1S/C10H14N4O/c11-9-4-3-8(7-12-9)13-10(15)14-5-1-2-6-14/h3-4,7H,1-2,5-6H2,(H2,11,12)(H,13,15). The summed E-state index contributed by atoms with van der Waals surface area (Å²) in [5, 5.41) is 2.78. The van der Waals surface area contributed by atoms with E-state index in [1.165, 1.54) is 0 Å². The van der Waals surface area contributed by atoms with Gasteiger partial charge in [-0.05, 0) is 25.0 Å². The molecule has 0 radical (unpaired) electrons. The Bertz CT molecular complexity index is 343. The zero-order valence-corrected chi connectivity index (χ0v) is 8.44. The van der Waals surface area contributed by atoms with Crippen LogP contribution in [0.25, 0.3) is 0 Å². The lowest BCUT2D eigenvalue weighted by Gasteiger charge is -2.15. The summed E-state index contributed by atoms with van der Waals surface area (Å²) in [6, 6.07) is 3.36. The van der Waals surface area contributed by atoms with Gasteiger partial charge in [-0.2, -0.15) is 0 Å². The van der Waals surface area contributed by atoms with Gasteiger partial charge in [0.15, 0.2) is 0 Å². The van der Waals surface area contributed by atoms with E-state index in [0.717, 1.165) is 25.9 Å². The predicted molar refractivity (Wildman–Crippen MR) is 58.5 cm³/mol. The van der Waals surface area contributed by atoms with Crippen LogP contribution in [0.2, 0.25) is 0 Å². The van der Waals surface area contributed by atoms with Crippen LogP contribution in [0.3, 0.4) is 0 Å². The first kappa shape index (κ1) is 9.76. The number of nitrogens with two attached hydrogens (primary N) is 1. The molecule has 0 atom stereocenters. The number of likely N-dealkylation sites (tertiary alicyclic amines) is 1. The van der Waals surface area contributed by atoms with E-state index in [0.29, 0.717) is 11.5 Å². The first-order chi connectivity index (χ1) is 7.25. The third-order valence-corrected chi connectivity index (χ3v) is 2.43. The molecule has 1 saturated heterocycles. The molecule has 0 spiro atoms. The van der Waals surface area contributed by atoms with E-state index >= 15 is 0 Å². The molecule has 2 rings (SSSR count). The lowest BCUT2D eigenvalue weighted by molar-refractivity contribution is 0.222. The molecule has 0 aliphatic carbocycles. The van der Waals surface area contributed by atoms with E-state index in [1.54, 1.807) is 23.2 Å². The molecule has 0 bridgehead atoms. The highest BCUT2D eigenvalue weighted by Gasteiger charge is 2.17. The van der Waals surface area contributed by atoms with Gasteiger partial charge >= 0.3 is 6.03 Å². The highest BCUT2D eigenvalue weighted by molar-refractivity contribution is 5.89. The molecule has 1 aliphatic heterocycles. The maximum absolute atomic E-state index is 11.7. The first-order valence-corrected chi connectivity index (χ1v) is 5.03. The zero-order chi connectivity index (χ0) is 10.7. The second kappa shape index (κ2) is 4.16. The van der Waals surface area contributed by atoms with Crippen LogP contribution < -0.4 is 11.1 Å². The van der Waals surface area contributed by atoms with Gasteiger partial charge < -0.3 is 16.0 Å². The van der Waals surface area contributed by atoms with E-state index in [4.69, 9.17) is 5.73 Å². The van der Waals surface area contributed by atoms with Crippen LogP contribution in [-0.4, -0.2) is 29.0 Å². The Kier molecular flexibility index (Phi) is 2.71. The quantitative estimate of drug-likeness (QED) is 0.727. The lowest BCUT2D eigenvalue weighted by Crippen LogP contribution is -2.32. The Labute approximate surface area is 88.3 Å². The number of nitrogens with zero attached hydrogens (tertiary/aromatic N) is 2. The van der Waals surface area contributed by atoms with Crippen LogP contribution in [0.4, 0.5) is 16.3 Å². The van der Waals surface area contributed by atoms with Crippen LogP contribution >= 0.6 is 0 Å². The van der Waals surface area contributed by atoms with E-state index in [9.17, 15) is 4.79 Å². The van der Waals surface area contributed by atoms with Gasteiger partial charge in [-0.25, -0.2) is 9.78 Å². The Balaban J connectivity index is 1.96. The van der Waals surface area contributed by atoms with E-state index in [-0.39, 0.29) is 6.03 Å². The number of hydrogen-bond acceptors (Lipinski definition) is 3. The molecule has 0 unspecified atom stereocenters. The van der Waals surface area contributed by atoms with Gasteiger partial charge in [-0.15, -0.1) is 0 Å². The third kappa shape index (κ3) is 2.37. The molecule has 1 aromatic heterocycles. The molecule has 5 nitrogen and oxygen atoms in total. The van der Waals surface area contributed by atoms with Crippen LogP contribution in [-0.2, 0) is 0 Å². The largest absolute Gasteiger partial charge is 0.384 e. The van der Waals surface area contributed by atoms with Crippen molar-refractivity contribution < 1.29 is 4.79 Å². The van der Waals surface area contributed by atoms with Crippen molar-refractivity contribution in [1.82, 2.24) is 9.88 Å². The molecule has 1 aliphatic rings. The fourth-order valence-corrected chi connectivity index (χ4v) is 1.60. The van der Waals surface area contributed by atoms with E-state index in [1.807, 2.05) is 0 Å². The van der Waals surface area contributed by atoms with Crippen molar-refractivity contribution in [2.24, 2.45) is 0 Å². The van der Waals surface area contributed by atoms with Crippen LogP contribution in [0.5, 0.6) is 0 Å². The number of rotatable bonds is 1. The van der Waals surface area contributed by atoms with Crippen molar-refractivity contribution >= 4 is 17.5 Å². The van der Waals surface area contributed by atoms with Crippen LogP contribution in [0.15, 0.2) is 18.3 Å². The highest BCUT2D eigenvalue weighted by atomic mass is 16.2. The van der Waals surface area contributed by atoms with Gasteiger partial charge in [0.1, 0.15) is 5.82 Å². The Morgan fingerprint density at radius 3 is 2.73 bits per heavy atom. The average Bonchev–Trinajstić information content (AvgIpc) is 2.74. The summed E-state index contributed by atoms with van der Waals surface area (Å²) in [4.78, 5) is 17.4. The van der Waals surface area contributed by atoms with Gasteiger partial charge in [0, 0.05) is 13.1 Å². The van der Waals surface area contributed by atoms with Gasteiger partial charge in [0.05, 0.1) is 11.9 Å². The zero-order valence-electron chi connectivity index (χ0n) is 8.44. The first-order valence-electron chi connectivity index (χ1n) is 5.03. The molecule has 2 amide bonds. The molecule has 80 valence electrons. The third-order valence-electron chi connectivity index (χ3n) is 2.43. The van der Waals surface area contributed by atoms with Gasteiger partial charge in [-0.1, -0.05) is 0 Å². The molecule has 2 heterocycles. The van der Waals surface area contributed by atoms with Crippen molar-refractivity contribution in [3.63, 3.8) is 0 Å². The van der Waals surface area contributed by atoms with Crippen LogP contribution in [0, 0.1) is 0 Å². The normalized spacial score (nSPS) is 15.3. The Morgan fingerprint density at radius 2 is 2.13 bits per heavy atom. The maximum atomic E-state index is 11.7. The smallest absolute Gasteiger partial charge is 0.321 e. The summed E-state index contributed by atoms with van der Waals surface area (Å²) in [6.07, 6.45) is 3.74. The molecule has 1 aromatic rings. The molecule has 15 heavy (non-hydrogen) atoms. The number of urea groups is 1. The summed E-state index contributed by atoms with van der Waals surface area (Å²) in [5.41, 5.74) is 6.13. The van der Waals surface area contributed by atoms with Gasteiger partial charge in [0.25, 0.3) is 0 Å². The van der Waals surface area contributed by atoms with Crippen molar-refractivity contribution in [1.29, 1.82) is 0 Å². The maximum Gasteiger partial charge on any atom is 0.321 e. The summed E-state index contributed by atoms with van der Waals surface area (Å²) < 4.78 is 0. The number of pyridine rings is 1. The summed E-state index contributed by atoms with van der Waals surface area (Å²) in [6.45, 7) is 1.68. The fraction of sp³-hybridized carbons (Fsp3) is 0.400. The van der Waals surface area contributed by atoms with E-state index < -0.39 is 0 Å². The fourth-order valence-electron chi connectivity index (χ4n) is 1.60. The number of hydrogen-bond donors (Lipinski definition) is 2. The molecule has 0 aromatic carbocycles. The van der Waals surface area contributed by atoms with Crippen molar-refractivity contribution in [3.05, 3.63) is 18.3 Å². The number of anilines is 2. The number of carbonyl (C=O) groups is 1. The summed E-state index contributed by atoms with van der Waals surface area (Å²) in [5.74, 6) is 0.453. The molecule has 3 N–H and O–H groups in total. The number of nitrogens with one attached hydrogen (secondary N) is 1. The molecular weight excluding hydrogens is 192 g/mol. The second-order valence-corrected chi connectivity index (χ2v) is 3.60.